The number of alkyl halides is 1. The maximum atomic E-state index is 13.4. The minimum absolute atomic E-state index is 0.0244. The van der Waals surface area contributed by atoms with Gasteiger partial charge in [-0.05, 0) is 37.3 Å². The molecule has 0 saturated heterocycles. The predicted molar refractivity (Wildman–Crippen MR) is 108 cm³/mol. The quantitative estimate of drug-likeness (QED) is 0.433. The molecule has 1 aliphatic carbocycles. The summed E-state index contributed by atoms with van der Waals surface area (Å²) in [6.07, 6.45) is 3.47. The number of hydrogen-bond acceptors (Lipinski definition) is 4. The molecule has 7 heteroatoms. The molecule has 1 fully saturated rings. The fourth-order valence-electron chi connectivity index (χ4n) is 3.50. The van der Waals surface area contributed by atoms with Crippen LogP contribution in [0.5, 0.6) is 0 Å². The number of aryl methyl sites for hydroxylation is 1. The Labute approximate surface area is 167 Å². The van der Waals surface area contributed by atoms with Crippen LogP contribution in [0.4, 0.5) is 8.78 Å². The minimum atomic E-state index is -0.779. The first-order chi connectivity index (χ1) is 14.1. The van der Waals surface area contributed by atoms with E-state index in [2.05, 4.69) is 9.97 Å². The first kappa shape index (κ1) is 19.2. The van der Waals surface area contributed by atoms with Crippen LogP contribution in [0.25, 0.3) is 33.6 Å². The topological polar surface area (TPSA) is 56.7 Å². The second kappa shape index (κ2) is 7.73. The van der Waals surface area contributed by atoms with Gasteiger partial charge in [-0.3, -0.25) is 4.68 Å². The van der Waals surface area contributed by atoms with Crippen molar-refractivity contribution in [3.8, 4) is 22.5 Å². The SMILES string of the molecule is CC.Cc1cc2c(-c3cn(C4CC(F)C4)nc3-c3ccc(F)cc3)ncnc2o1. The molecule has 3 aromatic heterocycles. The number of hydrogen-bond donors (Lipinski definition) is 0. The Morgan fingerprint density at radius 2 is 1.79 bits per heavy atom. The summed E-state index contributed by atoms with van der Waals surface area (Å²) in [5, 5.41) is 5.48. The van der Waals surface area contributed by atoms with Crippen molar-refractivity contribution >= 4 is 11.1 Å². The van der Waals surface area contributed by atoms with E-state index in [0.29, 0.717) is 29.9 Å². The van der Waals surface area contributed by atoms with Crippen LogP contribution in [0.2, 0.25) is 0 Å². The molecule has 0 atom stereocenters. The van der Waals surface area contributed by atoms with Crippen LogP contribution in [0.1, 0.15) is 38.5 Å². The van der Waals surface area contributed by atoms with E-state index >= 15 is 0 Å². The van der Waals surface area contributed by atoms with E-state index in [4.69, 9.17) is 9.52 Å². The number of nitrogens with zero attached hydrogens (tertiary/aromatic N) is 4. The van der Waals surface area contributed by atoms with Crippen molar-refractivity contribution in [1.29, 1.82) is 0 Å². The van der Waals surface area contributed by atoms with Crippen LogP contribution in [0, 0.1) is 12.7 Å². The molecule has 0 N–H and O–H groups in total. The third-order valence-electron chi connectivity index (χ3n) is 4.99. The summed E-state index contributed by atoms with van der Waals surface area (Å²) in [4.78, 5) is 8.63. The Balaban J connectivity index is 0.000000994. The molecule has 0 radical (unpaired) electrons. The lowest BCUT2D eigenvalue weighted by Gasteiger charge is -2.29. The Kier molecular flexibility index (Phi) is 5.13. The summed E-state index contributed by atoms with van der Waals surface area (Å²) in [6, 6.07) is 8.08. The summed E-state index contributed by atoms with van der Waals surface area (Å²) in [7, 11) is 0. The maximum Gasteiger partial charge on any atom is 0.229 e. The highest BCUT2D eigenvalue weighted by atomic mass is 19.1. The van der Waals surface area contributed by atoms with E-state index < -0.39 is 6.17 Å². The van der Waals surface area contributed by atoms with Gasteiger partial charge in [-0.2, -0.15) is 5.10 Å². The van der Waals surface area contributed by atoms with Crippen molar-refractivity contribution < 1.29 is 13.2 Å². The standard InChI is InChI=1S/C20H16F2N4O.C2H6/c1-11-6-16-19(23-10-24-20(16)27-11)17-9-26(15-7-14(22)8-15)25-18(17)12-2-4-13(21)5-3-12;1-2/h2-6,9-10,14-15H,7-8H2,1H3;1-2H3. The van der Waals surface area contributed by atoms with E-state index in [1.54, 1.807) is 16.8 Å². The van der Waals surface area contributed by atoms with Crippen molar-refractivity contribution in [2.75, 3.05) is 0 Å². The third-order valence-corrected chi connectivity index (χ3v) is 4.99. The number of halogens is 2. The fourth-order valence-corrected chi connectivity index (χ4v) is 3.50. The summed E-state index contributed by atoms with van der Waals surface area (Å²) in [5.74, 6) is 0.427. The first-order valence-corrected chi connectivity index (χ1v) is 9.79. The Morgan fingerprint density at radius 1 is 1.07 bits per heavy atom. The van der Waals surface area contributed by atoms with Gasteiger partial charge in [0.05, 0.1) is 17.1 Å². The van der Waals surface area contributed by atoms with E-state index in [1.807, 2.05) is 33.0 Å². The third kappa shape index (κ3) is 3.52. The molecule has 0 bridgehead atoms. The van der Waals surface area contributed by atoms with E-state index in [-0.39, 0.29) is 11.9 Å². The van der Waals surface area contributed by atoms with Gasteiger partial charge in [-0.25, -0.2) is 18.7 Å². The zero-order valence-electron chi connectivity index (χ0n) is 16.6. The van der Waals surface area contributed by atoms with Gasteiger partial charge in [-0.15, -0.1) is 0 Å². The Bertz CT molecular complexity index is 1130. The highest BCUT2D eigenvalue weighted by Gasteiger charge is 2.32. The van der Waals surface area contributed by atoms with Gasteiger partial charge in [0.2, 0.25) is 5.71 Å². The molecule has 150 valence electrons. The predicted octanol–water partition coefficient (Wildman–Crippen LogP) is 5.90. The number of fused-ring (bicyclic) bond motifs is 1. The molecule has 0 unspecified atom stereocenters. The molecule has 0 aliphatic heterocycles. The van der Waals surface area contributed by atoms with Crippen molar-refractivity contribution in [2.45, 2.75) is 45.8 Å². The lowest BCUT2D eigenvalue weighted by Crippen LogP contribution is -2.28. The summed E-state index contributed by atoms with van der Waals surface area (Å²) >= 11 is 0. The second-order valence-corrected chi connectivity index (χ2v) is 6.90. The highest BCUT2D eigenvalue weighted by Crippen LogP contribution is 2.39. The monoisotopic (exact) mass is 396 g/mol. The molecule has 4 aromatic rings. The fraction of sp³-hybridized carbons (Fsp3) is 0.318. The van der Waals surface area contributed by atoms with Crippen LogP contribution in [0.3, 0.4) is 0 Å². The molecule has 0 amide bonds. The molecular weight excluding hydrogens is 374 g/mol. The molecule has 1 aromatic carbocycles. The van der Waals surface area contributed by atoms with Gasteiger partial charge < -0.3 is 4.42 Å². The van der Waals surface area contributed by atoms with Crippen molar-refractivity contribution in [3.63, 3.8) is 0 Å². The average molecular weight is 396 g/mol. The van der Waals surface area contributed by atoms with Crippen LogP contribution in [0.15, 0.2) is 47.3 Å². The van der Waals surface area contributed by atoms with Gasteiger partial charge in [0, 0.05) is 30.2 Å². The molecule has 29 heavy (non-hydrogen) atoms. The van der Waals surface area contributed by atoms with Crippen LogP contribution in [-0.4, -0.2) is 25.9 Å². The van der Waals surface area contributed by atoms with E-state index in [9.17, 15) is 8.78 Å². The second-order valence-electron chi connectivity index (χ2n) is 6.90. The zero-order chi connectivity index (χ0) is 20.5. The minimum Gasteiger partial charge on any atom is -0.443 e. The van der Waals surface area contributed by atoms with Gasteiger partial charge in [0.1, 0.15) is 29.8 Å². The first-order valence-electron chi connectivity index (χ1n) is 9.79. The number of furan rings is 1. The molecule has 1 aliphatic rings. The van der Waals surface area contributed by atoms with E-state index in [0.717, 1.165) is 22.3 Å². The van der Waals surface area contributed by atoms with Crippen LogP contribution >= 0.6 is 0 Å². The molecule has 5 nitrogen and oxygen atoms in total. The maximum absolute atomic E-state index is 13.4. The Morgan fingerprint density at radius 3 is 2.48 bits per heavy atom. The average Bonchev–Trinajstić information content (AvgIpc) is 3.30. The van der Waals surface area contributed by atoms with E-state index in [1.165, 1.54) is 18.5 Å². The summed E-state index contributed by atoms with van der Waals surface area (Å²) < 4.78 is 34.1. The van der Waals surface area contributed by atoms with Crippen LogP contribution in [-0.2, 0) is 0 Å². The Hall–Kier alpha value is -3.09. The lowest BCUT2D eigenvalue weighted by atomic mass is 9.91. The van der Waals surface area contributed by atoms with Crippen molar-refractivity contribution in [3.05, 3.63) is 54.4 Å². The van der Waals surface area contributed by atoms with Gasteiger partial charge in [-0.1, -0.05) is 13.8 Å². The molecule has 0 spiro atoms. The lowest BCUT2D eigenvalue weighted by molar-refractivity contribution is 0.128. The summed E-state index contributed by atoms with van der Waals surface area (Å²) in [6.45, 7) is 5.85. The van der Waals surface area contributed by atoms with Gasteiger partial charge in [0.25, 0.3) is 0 Å². The van der Waals surface area contributed by atoms with Crippen molar-refractivity contribution in [2.24, 2.45) is 0 Å². The van der Waals surface area contributed by atoms with Crippen LogP contribution < -0.4 is 0 Å². The summed E-state index contributed by atoms with van der Waals surface area (Å²) in [5.41, 5.74) is 3.43. The molecule has 1 saturated carbocycles. The number of benzene rings is 1. The van der Waals surface area contributed by atoms with Crippen molar-refractivity contribution in [1.82, 2.24) is 19.7 Å². The number of rotatable bonds is 3. The normalized spacial score (nSPS) is 18.2. The van der Waals surface area contributed by atoms with Gasteiger partial charge >= 0.3 is 0 Å². The number of aromatic nitrogens is 4. The smallest absolute Gasteiger partial charge is 0.229 e. The largest absolute Gasteiger partial charge is 0.443 e. The van der Waals surface area contributed by atoms with Gasteiger partial charge in [0.15, 0.2) is 0 Å². The molecule has 3 heterocycles. The molecule has 5 rings (SSSR count). The molecular formula is C22H22F2N4O. The zero-order valence-corrected chi connectivity index (χ0v) is 16.6. The highest BCUT2D eigenvalue weighted by molar-refractivity contribution is 5.94.